The molecule has 0 atom stereocenters. The lowest BCUT2D eigenvalue weighted by atomic mass is 10.1. The smallest absolute Gasteiger partial charge is 0.266 e. The van der Waals surface area contributed by atoms with Crippen molar-refractivity contribution in [2.45, 2.75) is 0 Å². The van der Waals surface area contributed by atoms with Gasteiger partial charge in [0.15, 0.2) is 18.1 Å². The Morgan fingerprint density at radius 3 is 2.59 bits per heavy atom. The Hall–Kier alpha value is -3.00. The predicted molar refractivity (Wildman–Crippen MR) is 105 cm³/mol. The number of nitrogens with one attached hydrogen (secondary N) is 1. The molecule has 0 aliphatic carbocycles. The highest BCUT2D eigenvalue weighted by Gasteiger charge is 2.14. The summed E-state index contributed by atoms with van der Waals surface area (Å²) in [7, 11) is 1.42. The Bertz CT molecular complexity index is 960. The predicted octanol–water partition coefficient (Wildman–Crippen LogP) is 4.56. The number of ether oxygens (including phenoxy) is 2. The number of carbonyl (C=O) groups is 1. The molecule has 2 aromatic carbocycles. The molecule has 27 heavy (non-hydrogen) atoms. The molecule has 6 nitrogen and oxygen atoms in total. The third-order valence-corrected chi connectivity index (χ3v) is 4.12. The summed E-state index contributed by atoms with van der Waals surface area (Å²) in [6.07, 6.45) is 1.39. The van der Waals surface area contributed by atoms with Gasteiger partial charge >= 0.3 is 0 Å². The molecule has 2 aromatic rings. The van der Waals surface area contributed by atoms with Crippen LogP contribution in [-0.4, -0.2) is 19.6 Å². The maximum atomic E-state index is 12.3. The van der Waals surface area contributed by atoms with Crippen molar-refractivity contribution in [1.29, 1.82) is 10.5 Å². The van der Waals surface area contributed by atoms with Crippen molar-refractivity contribution >= 4 is 45.2 Å². The first-order valence-corrected chi connectivity index (χ1v) is 8.71. The van der Waals surface area contributed by atoms with Gasteiger partial charge in [0.25, 0.3) is 5.91 Å². The number of nitrogens with zero attached hydrogens (tertiary/aromatic N) is 2. The van der Waals surface area contributed by atoms with Crippen LogP contribution in [0.15, 0.2) is 46.4 Å². The van der Waals surface area contributed by atoms with Crippen molar-refractivity contribution in [2.24, 2.45) is 0 Å². The van der Waals surface area contributed by atoms with E-state index in [1.165, 1.54) is 19.3 Å². The highest BCUT2D eigenvalue weighted by atomic mass is 79.9. The van der Waals surface area contributed by atoms with Crippen molar-refractivity contribution in [3.63, 3.8) is 0 Å². The zero-order valence-electron chi connectivity index (χ0n) is 14.1. The standard InChI is InChI=1S/C19H13BrClN3O3/c1-26-17-10-12(9-16(21)18(17)27-7-6-22)8-13(11-23)19(25)24-15-4-2-14(20)3-5-15/h2-5,8-10H,7H2,1H3,(H,24,25)/b13-8-. The Morgan fingerprint density at radius 2 is 2.00 bits per heavy atom. The summed E-state index contributed by atoms with van der Waals surface area (Å²) in [5.74, 6) is -0.0509. The number of benzene rings is 2. The van der Waals surface area contributed by atoms with E-state index in [-0.39, 0.29) is 28.7 Å². The van der Waals surface area contributed by atoms with Crippen LogP contribution in [0.3, 0.4) is 0 Å². The maximum absolute atomic E-state index is 12.3. The summed E-state index contributed by atoms with van der Waals surface area (Å²) in [6.45, 7) is -0.190. The monoisotopic (exact) mass is 445 g/mol. The second kappa shape index (κ2) is 9.63. The van der Waals surface area contributed by atoms with Crippen molar-refractivity contribution in [2.75, 3.05) is 19.0 Å². The fourth-order valence-corrected chi connectivity index (χ4v) is 2.65. The van der Waals surface area contributed by atoms with Crippen molar-refractivity contribution in [1.82, 2.24) is 0 Å². The van der Waals surface area contributed by atoms with E-state index in [0.717, 1.165) is 4.47 Å². The van der Waals surface area contributed by atoms with Crippen LogP contribution in [0.5, 0.6) is 11.5 Å². The molecule has 1 N–H and O–H groups in total. The average molecular weight is 447 g/mol. The largest absolute Gasteiger partial charge is 0.493 e. The Balaban J connectivity index is 2.29. The first kappa shape index (κ1) is 20.3. The number of amides is 1. The maximum Gasteiger partial charge on any atom is 0.266 e. The van der Waals surface area contributed by atoms with Crippen LogP contribution in [0.4, 0.5) is 5.69 Å². The van der Waals surface area contributed by atoms with E-state index in [1.54, 1.807) is 30.3 Å². The molecule has 8 heteroatoms. The van der Waals surface area contributed by atoms with Gasteiger partial charge in [0.05, 0.1) is 12.1 Å². The SMILES string of the molecule is COc1cc(/C=C(/C#N)C(=O)Nc2ccc(Br)cc2)cc(Cl)c1OCC#N. The Labute approximate surface area is 169 Å². The minimum atomic E-state index is -0.556. The Morgan fingerprint density at radius 1 is 1.30 bits per heavy atom. The molecule has 0 saturated heterocycles. The first-order chi connectivity index (χ1) is 13.0. The molecule has 0 unspecified atom stereocenters. The molecule has 0 aliphatic rings. The zero-order valence-corrected chi connectivity index (χ0v) is 16.5. The van der Waals surface area contributed by atoms with Gasteiger partial charge in [-0.25, -0.2) is 0 Å². The molecular formula is C19H13BrClN3O3. The van der Waals surface area contributed by atoms with Crippen LogP contribution in [0, 0.1) is 22.7 Å². The van der Waals surface area contributed by atoms with Gasteiger partial charge in [0.2, 0.25) is 0 Å². The van der Waals surface area contributed by atoms with Gasteiger partial charge in [-0.3, -0.25) is 4.79 Å². The van der Waals surface area contributed by atoms with E-state index in [2.05, 4.69) is 21.2 Å². The normalized spacial score (nSPS) is 10.5. The third kappa shape index (κ3) is 5.49. The number of hydrogen-bond donors (Lipinski definition) is 1. The van der Waals surface area contributed by atoms with Crippen molar-refractivity contribution in [3.05, 3.63) is 57.0 Å². The summed E-state index contributed by atoms with van der Waals surface area (Å²) in [5, 5.41) is 20.8. The summed E-state index contributed by atoms with van der Waals surface area (Å²) in [4.78, 5) is 12.3. The lowest BCUT2D eigenvalue weighted by Gasteiger charge is -2.11. The average Bonchev–Trinajstić information content (AvgIpc) is 2.66. The molecule has 136 valence electrons. The van der Waals surface area contributed by atoms with Crippen molar-refractivity contribution in [3.8, 4) is 23.6 Å². The van der Waals surface area contributed by atoms with Crippen LogP contribution in [0.2, 0.25) is 5.02 Å². The number of nitriles is 2. The van der Waals surface area contributed by atoms with Crippen LogP contribution in [0.25, 0.3) is 6.08 Å². The summed E-state index contributed by atoms with van der Waals surface area (Å²) in [6, 6.07) is 13.7. The highest BCUT2D eigenvalue weighted by Crippen LogP contribution is 2.37. The number of carbonyl (C=O) groups excluding carboxylic acids is 1. The van der Waals surface area contributed by atoms with Gasteiger partial charge in [-0.05, 0) is 48.0 Å². The fourth-order valence-electron chi connectivity index (χ4n) is 2.11. The van der Waals surface area contributed by atoms with Gasteiger partial charge in [-0.2, -0.15) is 10.5 Å². The van der Waals surface area contributed by atoms with E-state index in [4.69, 9.17) is 26.3 Å². The zero-order chi connectivity index (χ0) is 19.8. The van der Waals surface area contributed by atoms with E-state index in [9.17, 15) is 10.1 Å². The number of methoxy groups -OCH3 is 1. The molecule has 0 aliphatic heterocycles. The molecular weight excluding hydrogens is 434 g/mol. The van der Waals surface area contributed by atoms with Gasteiger partial charge in [0, 0.05) is 10.2 Å². The van der Waals surface area contributed by atoms with Gasteiger partial charge in [-0.1, -0.05) is 27.5 Å². The van der Waals surface area contributed by atoms with E-state index in [1.807, 2.05) is 12.1 Å². The number of rotatable bonds is 6. The minimum absolute atomic E-state index is 0.110. The number of halogens is 2. The molecule has 0 radical (unpaired) electrons. The third-order valence-electron chi connectivity index (χ3n) is 3.31. The topological polar surface area (TPSA) is 95.1 Å². The second-order valence-corrected chi connectivity index (χ2v) is 6.43. The lowest BCUT2D eigenvalue weighted by molar-refractivity contribution is -0.112. The van der Waals surface area contributed by atoms with Gasteiger partial charge in [-0.15, -0.1) is 0 Å². The van der Waals surface area contributed by atoms with E-state index in [0.29, 0.717) is 11.3 Å². The summed E-state index contributed by atoms with van der Waals surface area (Å²) in [5.41, 5.74) is 0.922. The number of hydrogen-bond acceptors (Lipinski definition) is 5. The van der Waals surface area contributed by atoms with Crippen LogP contribution < -0.4 is 14.8 Å². The molecule has 0 heterocycles. The molecule has 2 rings (SSSR count). The fraction of sp³-hybridized carbons (Fsp3) is 0.105. The van der Waals surface area contributed by atoms with Crippen LogP contribution in [-0.2, 0) is 4.79 Å². The van der Waals surface area contributed by atoms with Crippen LogP contribution >= 0.6 is 27.5 Å². The quantitative estimate of drug-likeness (QED) is 0.518. The summed E-state index contributed by atoms with van der Waals surface area (Å²) >= 11 is 9.48. The van der Waals surface area contributed by atoms with Crippen molar-refractivity contribution < 1.29 is 14.3 Å². The van der Waals surface area contributed by atoms with Gasteiger partial charge < -0.3 is 14.8 Å². The Kier molecular flexibility index (Phi) is 7.25. The van der Waals surface area contributed by atoms with E-state index >= 15 is 0 Å². The second-order valence-electron chi connectivity index (χ2n) is 5.11. The van der Waals surface area contributed by atoms with Gasteiger partial charge in [0.1, 0.15) is 17.7 Å². The lowest BCUT2D eigenvalue weighted by Crippen LogP contribution is -2.13. The molecule has 0 spiro atoms. The molecule has 0 saturated carbocycles. The first-order valence-electron chi connectivity index (χ1n) is 7.54. The molecule has 0 aromatic heterocycles. The summed E-state index contributed by atoms with van der Waals surface area (Å²) < 4.78 is 11.3. The molecule has 0 bridgehead atoms. The van der Waals surface area contributed by atoms with Crippen LogP contribution in [0.1, 0.15) is 5.56 Å². The molecule has 0 fully saturated rings. The number of anilines is 1. The minimum Gasteiger partial charge on any atom is -0.493 e. The highest BCUT2D eigenvalue weighted by molar-refractivity contribution is 9.10. The molecule has 1 amide bonds. The van der Waals surface area contributed by atoms with E-state index < -0.39 is 5.91 Å².